The van der Waals surface area contributed by atoms with Crippen LogP contribution < -0.4 is 10.2 Å². The van der Waals surface area contributed by atoms with Gasteiger partial charge in [0.05, 0.1) is 6.61 Å². The third kappa shape index (κ3) is 6.43. The van der Waals surface area contributed by atoms with E-state index in [0.717, 1.165) is 11.1 Å². The maximum absolute atomic E-state index is 14.0. The minimum absolute atomic E-state index is 0.234. The van der Waals surface area contributed by atoms with E-state index in [2.05, 4.69) is 5.32 Å². The molecule has 4 atom stereocenters. The van der Waals surface area contributed by atoms with Crippen molar-refractivity contribution in [2.45, 2.75) is 44.9 Å². The predicted molar refractivity (Wildman–Crippen MR) is 143 cm³/mol. The number of nitrogens with one attached hydrogen (secondary N) is 1. The van der Waals surface area contributed by atoms with E-state index in [4.69, 9.17) is 4.74 Å². The van der Waals surface area contributed by atoms with Crippen molar-refractivity contribution in [3.8, 4) is 0 Å². The summed E-state index contributed by atoms with van der Waals surface area (Å²) in [6.45, 7) is 4.58. The molecule has 1 N–H and O–H groups in total. The van der Waals surface area contributed by atoms with Gasteiger partial charge in [-0.25, -0.2) is 0 Å². The highest BCUT2D eigenvalue weighted by atomic mass is 16.5. The van der Waals surface area contributed by atoms with Crippen LogP contribution in [0.1, 0.15) is 25.0 Å². The van der Waals surface area contributed by atoms with Gasteiger partial charge in [0.1, 0.15) is 18.1 Å². The molecule has 4 rings (SSSR count). The van der Waals surface area contributed by atoms with E-state index in [9.17, 15) is 14.4 Å². The summed E-state index contributed by atoms with van der Waals surface area (Å²) in [4.78, 5) is 43.2. The van der Waals surface area contributed by atoms with Gasteiger partial charge in [-0.15, -0.1) is 0 Å². The van der Waals surface area contributed by atoms with Crippen molar-refractivity contribution in [3.05, 3.63) is 102 Å². The van der Waals surface area contributed by atoms with E-state index in [0.29, 0.717) is 25.2 Å². The summed E-state index contributed by atoms with van der Waals surface area (Å²) >= 11 is 0. The number of amides is 2. The monoisotopic (exact) mass is 499 g/mol. The van der Waals surface area contributed by atoms with Gasteiger partial charge < -0.3 is 10.1 Å². The third-order valence-corrected chi connectivity index (χ3v) is 6.51. The molecule has 2 amide bonds. The Bertz CT molecular complexity index is 1190. The van der Waals surface area contributed by atoms with E-state index < -0.39 is 24.1 Å². The lowest BCUT2D eigenvalue weighted by Crippen LogP contribution is -2.50. The molecule has 1 fully saturated rings. The number of hydrogen-bond acceptors (Lipinski definition) is 5. The molecule has 1 saturated heterocycles. The van der Waals surface area contributed by atoms with Crippen LogP contribution in [0.25, 0.3) is 0 Å². The summed E-state index contributed by atoms with van der Waals surface area (Å²) in [5, 5.41) is 2.96. The second kappa shape index (κ2) is 12.3. The highest BCUT2D eigenvalue weighted by Crippen LogP contribution is 2.35. The maximum Gasteiger partial charge on any atom is 0.325 e. The molecule has 37 heavy (non-hydrogen) atoms. The molecule has 0 aromatic heterocycles. The number of carbonyl (C=O) groups is 3. The highest BCUT2D eigenvalue weighted by molar-refractivity contribution is 6.07. The Labute approximate surface area is 218 Å². The molecule has 7 heteroatoms. The second-order valence-corrected chi connectivity index (χ2v) is 9.05. The molecular formula is C30H33N3O4. The molecule has 1 heterocycles. The molecule has 0 spiro atoms. The van der Waals surface area contributed by atoms with Gasteiger partial charge in [0, 0.05) is 18.8 Å². The minimum Gasteiger partial charge on any atom is -0.465 e. The van der Waals surface area contributed by atoms with Crippen molar-refractivity contribution < 1.29 is 19.1 Å². The van der Waals surface area contributed by atoms with Gasteiger partial charge in [-0.2, -0.15) is 0 Å². The number of hydrogen-bond donors (Lipinski definition) is 1. The molecule has 7 nitrogen and oxygen atoms in total. The van der Waals surface area contributed by atoms with Gasteiger partial charge in [-0.1, -0.05) is 78.9 Å². The summed E-state index contributed by atoms with van der Waals surface area (Å²) in [6, 6.07) is 26.5. The molecule has 2 unspecified atom stereocenters. The zero-order chi connectivity index (χ0) is 26.2. The molecule has 0 aliphatic carbocycles. The van der Waals surface area contributed by atoms with E-state index in [1.165, 1.54) is 4.90 Å². The Balaban J connectivity index is 1.52. The van der Waals surface area contributed by atoms with Crippen molar-refractivity contribution >= 4 is 23.5 Å². The Hall–Kier alpha value is -3.97. The molecule has 1 aliphatic rings. The minimum atomic E-state index is -0.771. The van der Waals surface area contributed by atoms with Crippen LogP contribution in [0.5, 0.6) is 0 Å². The van der Waals surface area contributed by atoms with Crippen LogP contribution >= 0.6 is 0 Å². The molecule has 0 saturated carbocycles. The first-order chi connectivity index (χ1) is 18.0. The van der Waals surface area contributed by atoms with Crippen molar-refractivity contribution in [2.75, 3.05) is 18.1 Å². The van der Waals surface area contributed by atoms with Crippen LogP contribution in [0, 0.1) is 0 Å². The Morgan fingerprint density at radius 1 is 0.865 bits per heavy atom. The first-order valence-corrected chi connectivity index (χ1v) is 12.7. The summed E-state index contributed by atoms with van der Waals surface area (Å²) in [5.41, 5.74) is 2.72. The first kappa shape index (κ1) is 26.1. The number of benzene rings is 3. The lowest BCUT2D eigenvalue weighted by Gasteiger charge is -2.29. The van der Waals surface area contributed by atoms with Crippen LogP contribution in [0.2, 0.25) is 0 Å². The first-order valence-electron chi connectivity index (χ1n) is 12.7. The number of ether oxygens (including phenoxy) is 1. The second-order valence-electron chi connectivity index (χ2n) is 9.05. The third-order valence-electron chi connectivity index (χ3n) is 6.51. The molecule has 3 aromatic carbocycles. The maximum atomic E-state index is 14.0. The smallest absolute Gasteiger partial charge is 0.325 e. The van der Waals surface area contributed by atoms with Gasteiger partial charge >= 0.3 is 5.97 Å². The summed E-state index contributed by atoms with van der Waals surface area (Å²) < 4.78 is 5.27. The summed E-state index contributed by atoms with van der Waals surface area (Å²) in [7, 11) is 0. The topological polar surface area (TPSA) is 78.7 Å². The van der Waals surface area contributed by atoms with Gasteiger partial charge in [0.2, 0.25) is 11.8 Å². The molecule has 1 aliphatic heterocycles. The number of esters is 1. The van der Waals surface area contributed by atoms with Crippen molar-refractivity contribution in [3.63, 3.8) is 0 Å². The lowest BCUT2D eigenvalue weighted by atomic mass is 10.1. The molecule has 192 valence electrons. The predicted octanol–water partition coefficient (Wildman–Crippen LogP) is 3.58. The van der Waals surface area contributed by atoms with Gasteiger partial charge in [0.25, 0.3) is 0 Å². The zero-order valence-corrected chi connectivity index (χ0v) is 21.2. The number of rotatable bonds is 11. The van der Waals surface area contributed by atoms with Gasteiger partial charge in [0.15, 0.2) is 0 Å². The van der Waals surface area contributed by atoms with Crippen LogP contribution in [-0.4, -0.2) is 54.0 Å². The lowest BCUT2D eigenvalue weighted by molar-refractivity contribution is -0.143. The largest absolute Gasteiger partial charge is 0.465 e. The normalized spacial score (nSPS) is 18.9. The average Bonchev–Trinajstić information content (AvgIpc) is 3.64. The zero-order valence-electron chi connectivity index (χ0n) is 21.2. The standard InChI is InChI=1S/C30H33N3O4/c1-3-37-30(36)27-26(32(27)21-24-15-9-5-10-16-24)29(35)33(25-17-11-6-12-18-25)22(2)28(34)31-20-19-23-13-7-4-8-14-23/h4-18,22,26-27H,3,19-21H2,1-2H3,(H,31,34)/t22?,26-,27-,32?/m0/s1. The van der Waals surface area contributed by atoms with Crippen LogP contribution in [0.3, 0.4) is 0 Å². The van der Waals surface area contributed by atoms with Gasteiger partial charge in [-0.3, -0.25) is 24.2 Å². The average molecular weight is 500 g/mol. The quantitative estimate of drug-likeness (QED) is 0.322. The number of carbonyl (C=O) groups excluding carboxylic acids is 3. The van der Waals surface area contributed by atoms with Crippen molar-refractivity contribution in [1.82, 2.24) is 10.2 Å². The molecule has 0 radical (unpaired) electrons. The van der Waals surface area contributed by atoms with E-state index >= 15 is 0 Å². The van der Waals surface area contributed by atoms with E-state index in [1.54, 1.807) is 26.0 Å². The molecule has 3 aromatic rings. The molecular weight excluding hydrogens is 466 g/mol. The van der Waals surface area contributed by atoms with Gasteiger partial charge in [-0.05, 0) is 43.5 Å². The Morgan fingerprint density at radius 3 is 2.03 bits per heavy atom. The van der Waals surface area contributed by atoms with Crippen molar-refractivity contribution in [2.24, 2.45) is 0 Å². The fraction of sp³-hybridized carbons (Fsp3) is 0.300. The number of nitrogens with zero attached hydrogens (tertiary/aromatic N) is 2. The fourth-order valence-electron chi connectivity index (χ4n) is 4.55. The van der Waals surface area contributed by atoms with Crippen LogP contribution in [0.15, 0.2) is 91.0 Å². The van der Waals surface area contributed by atoms with E-state index in [1.807, 2.05) is 83.8 Å². The summed E-state index contributed by atoms with van der Waals surface area (Å²) in [6.07, 6.45) is 0.691. The fourth-order valence-corrected chi connectivity index (χ4v) is 4.55. The number of para-hydroxylation sites is 1. The molecule has 0 bridgehead atoms. The van der Waals surface area contributed by atoms with E-state index in [-0.39, 0.29) is 18.4 Å². The summed E-state index contributed by atoms with van der Waals surface area (Å²) in [5.74, 6) is -0.980. The number of anilines is 1. The highest BCUT2D eigenvalue weighted by Gasteiger charge is 2.59. The van der Waals surface area contributed by atoms with Crippen LogP contribution in [-0.2, 0) is 32.1 Å². The van der Waals surface area contributed by atoms with Crippen LogP contribution in [0.4, 0.5) is 5.69 Å². The SMILES string of the molecule is CCOC(=O)[C@@H]1[C@@H](C(=O)N(c2ccccc2)C(C)C(=O)NCCc2ccccc2)N1Cc1ccccc1. The Kier molecular flexibility index (Phi) is 8.69. The van der Waals surface area contributed by atoms with Crippen molar-refractivity contribution in [1.29, 1.82) is 0 Å². The Morgan fingerprint density at radius 2 is 1.43 bits per heavy atom.